The van der Waals surface area contributed by atoms with Gasteiger partial charge in [-0.25, -0.2) is 9.11 Å². The third-order valence-corrected chi connectivity index (χ3v) is 7.14. The van der Waals surface area contributed by atoms with Gasteiger partial charge in [-0.3, -0.25) is 0 Å². The summed E-state index contributed by atoms with van der Waals surface area (Å²) in [4.78, 5) is 0. The third kappa shape index (κ3) is 3.12. The highest BCUT2D eigenvalue weighted by Crippen LogP contribution is 2.59. The second-order valence-corrected chi connectivity index (χ2v) is 9.55. The Labute approximate surface area is 93.0 Å². The summed E-state index contributed by atoms with van der Waals surface area (Å²) >= 11 is 5.86. The van der Waals surface area contributed by atoms with Gasteiger partial charge in [0.05, 0.1) is 9.81 Å². The van der Waals surface area contributed by atoms with Crippen LogP contribution in [-0.4, -0.2) is 14.6 Å². The van der Waals surface area contributed by atoms with E-state index in [0.717, 1.165) is 0 Å². The van der Waals surface area contributed by atoms with Crippen molar-refractivity contribution in [2.75, 3.05) is 0 Å². The average Bonchev–Trinajstić information content (AvgIpc) is 2.29. The molecule has 6 heteroatoms. The van der Waals surface area contributed by atoms with Gasteiger partial charge in [0.2, 0.25) is 0 Å². The minimum absolute atomic E-state index is 0.348. The molecular weight excluding hydrogens is 242 g/mol. The molecule has 0 radical (unpaired) electrons. The van der Waals surface area contributed by atoms with Crippen LogP contribution in [-0.2, 0) is 0 Å². The average molecular weight is 257 g/mol. The Morgan fingerprint density at radius 3 is 2.36 bits per heavy atom. The first-order valence-electron chi connectivity index (χ1n) is 4.07. The van der Waals surface area contributed by atoms with Gasteiger partial charge in [-0.05, 0) is 38.4 Å². The van der Waals surface area contributed by atoms with Gasteiger partial charge >= 0.3 is 0 Å². The highest BCUT2D eigenvalue weighted by Gasteiger charge is 2.33. The summed E-state index contributed by atoms with van der Waals surface area (Å²) in [6.45, 7) is 5.63. The van der Waals surface area contributed by atoms with Crippen LogP contribution in [0.5, 0.6) is 0 Å². The SMILES string of the molecule is CC(C)(C)NS(O)(O)[s+]1cccc1Cl. The molecule has 1 heterocycles. The molecule has 1 unspecified atom stereocenters. The summed E-state index contributed by atoms with van der Waals surface area (Å²) in [5.41, 5.74) is -0.348. The number of hydrogen-bond acceptors (Lipinski definition) is 3. The molecular formula is C8H15ClNO2S2+. The Bertz CT molecular complexity index is 319. The number of thiophene rings is 1. The summed E-state index contributed by atoms with van der Waals surface area (Å²) in [6.07, 6.45) is 0. The normalized spacial score (nSPS) is 15.7. The molecule has 1 atom stereocenters. The molecule has 0 aromatic carbocycles. The first kappa shape index (κ1) is 12.3. The van der Waals surface area contributed by atoms with Gasteiger partial charge in [0.15, 0.2) is 5.38 Å². The van der Waals surface area contributed by atoms with Crippen LogP contribution in [0.25, 0.3) is 0 Å². The smallest absolute Gasteiger partial charge is 0.245 e. The van der Waals surface area contributed by atoms with Crippen LogP contribution in [0.3, 0.4) is 0 Å². The molecule has 0 fully saturated rings. The standard InChI is InChI=1S/C8H14ClNO2S2/c1-8(2,3)10-14(11,12)13-6-4-5-7(13)9/h4-6,10H,1-3H3,(H-,11,12)/p+1. The predicted octanol–water partition coefficient (Wildman–Crippen LogP) is 3.91. The van der Waals surface area contributed by atoms with E-state index in [0.29, 0.717) is 4.34 Å². The second kappa shape index (κ2) is 4.00. The summed E-state index contributed by atoms with van der Waals surface area (Å²) in [6, 6.07) is 3.42. The van der Waals surface area contributed by atoms with Gasteiger partial charge in [0.1, 0.15) is 9.50 Å². The quantitative estimate of drug-likeness (QED) is 0.556. The lowest BCUT2D eigenvalue weighted by Gasteiger charge is -2.31. The lowest BCUT2D eigenvalue weighted by Crippen LogP contribution is -2.36. The van der Waals surface area contributed by atoms with E-state index < -0.39 is 19.3 Å². The predicted molar refractivity (Wildman–Crippen MR) is 65.1 cm³/mol. The Morgan fingerprint density at radius 2 is 2.00 bits per heavy atom. The Morgan fingerprint density at radius 1 is 1.43 bits per heavy atom. The molecule has 14 heavy (non-hydrogen) atoms. The van der Waals surface area contributed by atoms with E-state index in [1.165, 1.54) is 0 Å². The van der Waals surface area contributed by atoms with Crippen LogP contribution in [0.2, 0.25) is 4.34 Å². The molecule has 0 aliphatic rings. The fraction of sp³-hybridized carbons (Fsp3) is 0.500. The van der Waals surface area contributed by atoms with E-state index in [4.69, 9.17) is 11.6 Å². The number of hydrogen-bond donors (Lipinski definition) is 3. The molecule has 1 rings (SSSR count). The maximum Gasteiger partial charge on any atom is 0.268 e. The highest BCUT2D eigenvalue weighted by atomic mass is 35.5. The monoisotopic (exact) mass is 256 g/mol. The van der Waals surface area contributed by atoms with Gasteiger partial charge in [0.25, 0.3) is 4.34 Å². The molecule has 3 nitrogen and oxygen atoms in total. The zero-order valence-electron chi connectivity index (χ0n) is 8.32. The first-order valence-corrected chi connectivity index (χ1v) is 7.80. The number of halogens is 1. The first-order chi connectivity index (χ1) is 6.22. The summed E-state index contributed by atoms with van der Waals surface area (Å²) in [5.74, 6) is 0. The minimum atomic E-state index is -2.88. The Kier molecular flexibility index (Phi) is 3.51. The van der Waals surface area contributed by atoms with E-state index in [2.05, 4.69) is 4.72 Å². The van der Waals surface area contributed by atoms with Crippen LogP contribution < -0.4 is 4.72 Å². The van der Waals surface area contributed by atoms with E-state index in [1.54, 1.807) is 17.5 Å². The number of rotatable bonds is 2. The largest absolute Gasteiger partial charge is 0.268 e. The van der Waals surface area contributed by atoms with Gasteiger partial charge in [0, 0.05) is 11.6 Å². The van der Waals surface area contributed by atoms with Crippen LogP contribution in [0.4, 0.5) is 0 Å². The van der Waals surface area contributed by atoms with Gasteiger partial charge < -0.3 is 0 Å². The molecule has 0 amide bonds. The van der Waals surface area contributed by atoms with Crippen molar-refractivity contribution in [3.8, 4) is 0 Å². The Balaban J connectivity index is 2.91. The Hall–Kier alpha value is 0.220. The van der Waals surface area contributed by atoms with E-state index in [9.17, 15) is 9.11 Å². The van der Waals surface area contributed by atoms with Crippen LogP contribution in [0.15, 0.2) is 17.5 Å². The van der Waals surface area contributed by atoms with Gasteiger partial charge in [-0.15, -0.1) is 0 Å². The topological polar surface area (TPSA) is 52.5 Å². The molecule has 0 spiro atoms. The summed E-state index contributed by atoms with van der Waals surface area (Å²) in [5, 5.41) is 1.72. The molecule has 0 aliphatic carbocycles. The molecule has 3 N–H and O–H groups in total. The summed E-state index contributed by atoms with van der Waals surface area (Å²) < 4.78 is 23.1. The van der Waals surface area contributed by atoms with Crippen molar-refractivity contribution < 1.29 is 9.11 Å². The van der Waals surface area contributed by atoms with Crippen molar-refractivity contribution in [1.82, 2.24) is 4.72 Å². The molecule has 1 aromatic heterocycles. The molecule has 0 aliphatic heterocycles. The zero-order valence-corrected chi connectivity index (χ0v) is 10.7. The highest BCUT2D eigenvalue weighted by molar-refractivity contribution is 8.62. The molecule has 82 valence electrons. The second-order valence-electron chi connectivity index (χ2n) is 3.95. The van der Waals surface area contributed by atoms with Crippen molar-refractivity contribution in [3.63, 3.8) is 0 Å². The van der Waals surface area contributed by atoms with E-state index in [-0.39, 0.29) is 5.54 Å². The lowest BCUT2D eigenvalue weighted by atomic mass is 10.1. The fourth-order valence-corrected chi connectivity index (χ4v) is 6.31. The van der Waals surface area contributed by atoms with Gasteiger partial charge in [-0.1, -0.05) is 0 Å². The molecule has 0 bridgehead atoms. The van der Waals surface area contributed by atoms with Gasteiger partial charge in [-0.2, -0.15) is 4.72 Å². The van der Waals surface area contributed by atoms with Crippen molar-refractivity contribution >= 4 is 30.9 Å². The number of nitrogens with one attached hydrogen (secondary N) is 1. The molecule has 0 saturated carbocycles. The third-order valence-electron chi connectivity index (χ3n) is 1.31. The van der Waals surface area contributed by atoms with Crippen molar-refractivity contribution in [2.45, 2.75) is 26.3 Å². The maximum absolute atomic E-state index is 9.88. The molecule has 0 saturated heterocycles. The van der Waals surface area contributed by atoms with Crippen LogP contribution >= 0.6 is 30.9 Å². The molecule has 1 aromatic rings. The van der Waals surface area contributed by atoms with Crippen LogP contribution in [0, 0.1) is 0 Å². The zero-order chi connectivity index (χ0) is 11.0. The van der Waals surface area contributed by atoms with Crippen molar-refractivity contribution in [3.05, 3.63) is 21.8 Å². The van der Waals surface area contributed by atoms with Crippen molar-refractivity contribution in [1.29, 1.82) is 0 Å². The summed E-state index contributed by atoms with van der Waals surface area (Å²) in [7, 11) is -3.68. The van der Waals surface area contributed by atoms with Crippen LogP contribution in [0.1, 0.15) is 20.8 Å². The van der Waals surface area contributed by atoms with E-state index in [1.807, 2.05) is 20.8 Å². The van der Waals surface area contributed by atoms with Crippen molar-refractivity contribution in [2.24, 2.45) is 0 Å². The maximum atomic E-state index is 9.88. The fourth-order valence-electron chi connectivity index (χ4n) is 0.951. The minimum Gasteiger partial charge on any atom is -0.245 e. The van der Waals surface area contributed by atoms with E-state index >= 15 is 0 Å². The lowest BCUT2D eigenvalue weighted by molar-refractivity contribution is 0.439.